The van der Waals surface area contributed by atoms with Crippen LogP contribution in [0.1, 0.15) is 0 Å². The van der Waals surface area contributed by atoms with Crippen molar-refractivity contribution in [1.82, 2.24) is 0 Å². The van der Waals surface area contributed by atoms with Crippen molar-refractivity contribution in [3.63, 3.8) is 0 Å². The highest BCUT2D eigenvalue weighted by atomic mass is 16.6. The molecule has 0 aliphatic rings. The third-order valence-electron chi connectivity index (χ3n) is 1.17. The predicted molar refractivity (Wildman–Crippen MR) is 37.3 cm³/mol. The number of anilines is 1. The number of rotatable bonds is 1. The molecular weight excluding hydrogens is 132 g/mol. The zero-order chi connectivity index (χ0) is 7.56. The van der Waals surface area contributed by atoms with Gasteiger partial charge in [0.15, 0.2) is 5.75 Å². The van der Waals surface area contributed by atoms with Gasteiger partial charge >= 0.3 is 0 Å². The third-order valence-corrected chi connectivity index (χ3v) is 1.17. The molecule has 0 bridgehead atoms. The summed E-state index contributed by atoms with van der Waals surface area (Å²) in [7, 11) is 0. The Bertz CT molecular complexity index is 237. The van der Waals surface area contributed by atoms with E-state index in [0.29, 0.717) is 0 Å². The molecule has 0 spiro atoms. The Morgan fingerprint density at radius 3 is 2.60 bits per heavy atom. The fraction of sp³-hybridized carbons (Fsp3) is 0. The Labute approximate surface area is 58.0 Å². The van der Waals surface area contributed by atoms with E-state index in [1.165, 1.54) is 6.07 Å². The number of para-hydroxylation sites is 1. The van der Waals surface area contributed by atoms with Crippen LogP contribution in [0.3, 0.4) is 0 Å². The molecule has 0 atom stereocenters. The van der Waals surface area contributed by atoms with Crippen molar-refractivity contribution in [2.75, 3.05) is 5.73 Å². The second-order valence-electron chi connectivity index (χ2n) is 1.81. The Hall–Kier alpha value is -1.42. The molecule has 0 aromatic heterocycles. The van der Waals surface area contributed by atoms with E-state index in [9.17, 15) is 0 Å². The highest BCUT2D eigenvalue weighted by molar-refractivity contribution is 5.61. The molecule has 0 amide bonds. The van der Waals surface area contributed by atoms with Crippen LogP contribution in [0.15, 0.2) is 18.2 Å². The number of nitrogen functional groups attached to an aromatic ring is 1. The molecule has 1 aromatic carbocycles. The van der Waals surface area contributed by atoms with Crippen LogP contribution < -0.4 is 16.5 Å². The minimum absolute atomic E-state index is 0.0250. The second kappa shape index (κ2) is 2.45. The van der Waals surface area contributed by atoms with E-state index in [2.05, 4.69) is 4.84 Å². The molecule has 5 N–H and O–H groups in total. The summed E-state index contributed by atoms with van der Waals surface area (Å²) in [6.07, 6.45) is 0. The van der Waals surface area contributed by atoms with E-state index in [0.717, 1.165) is 0 Å². The SMILES string of the molecule is NOc1cccc(O)c1N. The van der Waals surface area contributed by atoms with Crippen LogP contribution in [-0.4, -0.2) is 5.11 Å². The summed E-state index contributed by atoms with van der Waals surface area (Å²) in [5, 5.41) is 8.97. The number of hydrogen-bond donors (Lipinski definition) is 3. The lowest BCUT2D eigenvalue weighted by Gasteiger charge is -2.02. The van der Waals surface area contributed by atoms with Crippen LogP contribution in [0.5, 0.6) is 11.5 Å². The lowest BCUT2D eigenvalue weighted by molar-refractivity contribution is 0.334. The zero-order valence-corrected chi connectivity index (χ0v) is 5.24. The molecule has 0 heterocycles. The van der Waals surface area contributed by atoms with Gasteiger partial charge in [0.2, 0.25) is 0 Å². The van der Waals surface area contributed by atoms with Crippen molar-refractivity contribution in [3.8, 4) is 11.5 Å². The first kappa shape index (κ1) is 6.70. The van der Waals surface area contributed by atoms with Crippen molar-refractivity contribution < 1.29 is 9.94 Å². The molecule has 0 saturated heterocycles. The first-order valence-corrected chi connectivity index (χ1v) is 2.70. The smallest absolute Gasteiger partial charge is 0.173 e. The zero-order valence-electron chi connectivity index (χ0n) is 5.24. The maximum atomic E-state index is 8.97. The number of phenols is 1. The molecule has 0 unspecified atom stereocenters. The maximum Gasteiger partial charge on any atom is 0.173 e. The molecule has 0 aliphatic carbocycles. The van der Waals surface area contributed by atoms with Crippen LogP contribution in [0, 0.1) is 0 Å². The quantitative estimate of drug-likeness (QED) is 0.296. The van der Waals surface area contributed by atoms with Crippen molar-refractivity contribution in [2.24, 2.45) is 5.90 Å². The fourth-order valence-electron chi connectivity index (χ4n) is 0.635. The fourth-order valence-corrected chi connectivity index (χ4v) is 0.635. The van der Waals surface area contributed by atoms with Gasteiger partial charge in [0, 0.05) is 0 Å². The molecule has 0 fully saturated rings. The van der Waals surface area contributed by atoms with Crippen LogP contribution in [0.4, 0.5) is 5.69 Å². The minimum Gasteiger partial charge on any atom is -0.506 e. The van der Waals surface area contributed by atoms with Crippen LogP contribution >= 0.6 is 0 Å². The number of benzene rings is 1. The van der Waals surface area contributed by atoms with Gasteiger partial charge in [-0.2, -0.15) is 5.90 Å². The Balaban J connectivity index is 3.14. The summed E-state index contributed by atoms with van der Waals surface area (Å²) in [5.41, 5.74) is 5.50. The predicted octanol–water partition coefficient (Wildman–Crippen LogP) is 0.227. The molecule has 54 valence electrons. The lowest BCUT2D eigenvalue weighted by Crippen LogP contribution is -2.04. The van der Waals surface area contributed by atoms with Gasteiger partial charge in [0.25, 0.3) is 0 Å². The summed E-state index contributed by atoms with van der Waals surface area (Å²) < 4.78 is 0. The number of hydrogen-bond acceptors (Lipinski definition) is 4. The highest BCUT2D eigenvalue weighted by Gasteiger charge is 2.01. The molecule has 1 aromatic rings. The summed E-state index contributed by atoms with van der Waals surface area (Å²) in [6.45, 7) is 0. The third kappa shape index (κ3) is 0.964. The highest BCUT2D eigenvalue weighted by Crippen LogP contribution is 2.28. The Morgan fingerprint density at radius 1 is 1.40 bits per heavy atom. The van der Waals surface area contributed by atoms with E-state index in [1.807, 2.05) is 0 Å². The molecule has 0 saturated carbocycles. The number of phenolic OH excluding ortho intramolecular Hbond substituents is 1. The molecule has 0 aliphatic heterocycles. The van der Waals surface area contributed by atoms with E-state index in [-0.39, 0.29) is 17.2 Å². The van der Waals surface area contributed by atoms with Gasteiger partial charge in [-0.1, -0.05) is 6.07 Å². The van der Waals surface area contributed by atoms with Crippen LogP contribution in [0.2, 0.25) is 0 Å². The van der Waals surface area contributed by atoms with Gasteiger partial charge in [0.05, 0.1) is 0 Å². The standard InChI is InChI=1S/C6H8N2O2/c7-6-4(9)2-1-3-5(6)10-8/h1-3,9H,7-8H2. The molecule has 10 heavy (non-hydrogen) atoms. The van der Waals surface area contributed by atoms with Crippen LogP contribution in [-0.2, 0) is 0 Å². The largest absolute Gasteiger partial charge is 0.506 e. The topological polar surface area (TPSA) is 81.5 Å². The van der Waals surface area contributed by atoms with E-state index < -0.39 is 0 Å². The number of aromatic hydroxyl groups is 1. The van der Waals surface area contributed by atoms with Gasteiger partial charge in [-0.25, -0.2) is 0 Å². The summed E-state index contributed by atoms with van der Waals surface area (Å²) in [5.74, 6) is 5.08. The molecule has 1 rings (SSSR count). The normalized spacial score (nSPS) is 9.30. The van der Waals surface area contributed by atoms with Gasteiger partial charge < -0.3 is 15.7 Å². The van der Waals surface area contributed by atoms with Crippen LogP contribution in [0.25, 0.3) is 0 Å². The monoisotopic (exact) mass is 140 g/mol. The summed E-state index contributed by atoms with van der Waals surface area (Å²) in [4.78, 5) is 4.34. The van der Waals surface area contributed by atoms with E-state index in [4.69, 9.17) is 16.7 Å². The average molecular weight is 140 g/mol. The van der Waals surface area contributed by atoms with Crippen molar-refractivity contribution >= 4 is 5.69 Å². The lowest BCUT2D eigenvalue weighted by atomic mass is 10.3. The molecule has 0 radical (unpaired) electrons. The second-order valence-corrected chi connectivity index (χ2v) is 1.81. The summed E-state index contributed by atoms with van der Waals surface area (Å²) in [6, 6.07) is 4.61. The van der Waals surface area contributed by atoms with Gasteiger partial charge in [-0.15, -0.1) is 0 Å². The first-order chi connectivity index (χ1) is 4.75. The summed E-state index contributed by atoms with van der Waals surface area (Å²) >= 11 is 0. The number of nitrogens with two attached hydrogens (primary N) is 2. The minimum atomic E-state index is -0.0250. The van der Waals surface area contributed by atoms with Gasteiger partial charge in [-0.05, 0) is 12.1 Å². The molecule has 4 heteroatoms. The molecule has 4 nitrogen and oxygen atoms in total. The Kier molecular flexibility index (Phi) is 1.64. The van der Waals surface area contributed by atoms with E-state index in [1.54, 1.807) is 12.1 Å². The Morgan fingerprint density at radius 2 is 2.10 bits per heavy atom. The van der Waals surface area contributed by atoms with Crippen molar-refractivity contribution in [2.45, 2.75) is 0 Å². The molecular formula is C6H8N2O2. The van der Waals surface area contributed by atoms with Crippen molar-refractivity contribution in [1.29, 1.82) is 0 Å². The van der Waals surface area contributed by atoms with Gasteiger partial charge in [0.1, 0.15) is 11.4 Å². The first-order valence-electron chi connectivity index (χ1n) is 2.70. The van der Waals surface area contributed by atoms with E-state index >= 15 is 0 Å². The maximum absolute atomic E-state index is 8.97. The van der Waals surface area contributed by atoms with Crippen molar-refractivity contribution in [3.05, 3.63) is 18.2 Å². The van der Waals surface area contributed by atoms with Gasteiger partial charge in [-0.3, -0.25) is 0 Å². The average Bonchev–Trinajstić information content (AvgIpc) is 1.95.